The normalized spacial score (nSPS) is 13.8. The number of rotatable bonds is 5. The first-order chi connectivity index (χ1) is 16.6. The first-order valence-corrected chi connectivity index (χ1v) is 11.3. The number of piperazine rings is 1. The molecule has 1 aliphatic rings. The number of nitrogens with one attached hydrogen (secondary N) is 1. The zero-order valence-corrected chi connectivity index (χ0v) is 19.0. The van der Waals surface area contributed by atoms with E-state index in [-0.39, 0.29) is 18.4 Å². The fourth-order valence-corrected chi connectivity index (χ4v) is 4.19. The van der Waals surface area contributed by atoms with E-state index in [1.165, 1.54) is 6.33 Å². The highest BCUT2D eigenvalue weighted by Crippen LogP contribution is 2.26. The summed E-state index contributed by atoms with van der Waals surface area (Å²) >= 11 is 6.14. The number of amides is 2. The zero-order valence-electron chi connectivity index (χ0n) is 18.3. The van der Waals surface area contributed by atoms with E-state index < -0.39 is 0 Å². The molecule has 4 aromatic rings. The van der Waals surface area contributed by atoms with Gasteiger partial charge in [0.2, 0.25) is 5.91 Å². The lowest BCUT2D eigenvalue weighted by atomic mass is 10.2. The largest absolute Gasteiger partial charge is 0.352 e. The Bertz CT molecular complexity index is 1330. The number of benzene rings is 2. The van der Waals surface area contributed by atoms with Gasteiger partial charge in [-0.3, -0.25) is 9.59 Å². The van der Waals surface area contributed by atoms with Crippen LogP contribution in [0.1, 0.15) is 10.4 Å². The first kappa shape index (κ1) is 21.8. The maximum atomic E-state index is 12.6. The topological polar surface area (TPSA) is 96.2 Å². The van der Waals surface area contributed by atoms with Gasteiger partial charge >= 0.3 is 0 Å². The van der Waals surface area contributed by atoms with E-state index in [9.17, 15) is 9.59 Å². The second-order valence-electron chi connectivity index (χ2n) is 7.89. The molecule has 0 bridgehead atoms. The number of nitrogens with zero attached hydrogens (tertiary/aromatic N) is 6. The molecule has 2 aromatic heterocycles. The summed E-state index contributed by atoms with van der Waals surface area (Å²) in [6.45, 7) is 2.28. The van der Waals surface area contributed by atoms with Crippen LogP contribution in [0.3, 0.4) is 0 Å². The van der Waals surface area contributed by atoms with Crippen molar-refractivity contribution < 1.29 is 9.59 Å². The van der Waals surface area contributed by atoms with E-state index in [0.717, 1.165) is 16.9 Å². The van der Waals surface area contributed by atoms with Gasteiger partial charge in [-0.15, -0.1) is 0 Å². The van der Waals surface area contributed by atoms with Crippen molar-refractivity contribution in [1.82, 2.24) is 30.0 Å². The maximum absolute atomic E-state index is 12.6. The van der Waals surface area contributed by atoms with Gasteiger partial charge in [0.15, 0.2) is 5.65 Å². The third kappa shape index (κ3) is 4.42. The van der Waals surface area contributed by atoms with Gasteiger partial charge in [0.25, 0.3) is 5.91 Å². The average molecular weight is 476 g/mol. The molecule has 9 nitrogen and oxygen atoms in total. The number of halogens is 1. The molecule has 3 heterocycles. The van der Waals surface area contributed by atoms with Crippen molar-refractivity contribution in [3.05, 3.63) is 77.7 Å². The van der Waals surface area contributed by atoms with E-state index in [1.54, 1.807) is 40.0 Å². The molecule has 0 aliphatic carbocycles. The molecule has 172 valence electrons. The van der Waals surface area contributed by atoms with E-state index in [0.29, 0.717) is 42.4 Å². The minimum atomic E-state index is -0.257. The predicted molar refractivity (Wildman–Crippen MR) is 129 cm³/mol. The summed E-state index contributed by atoms with van der Waals surface area (Å²) in [6.07, 6.45) is 3.28. The summed E-state index contributed by atoms with van der Waals surface area (Å²) in [5, 5.41) is 8.65. The molecule has 1 aliphatic heterocycles. The van der Waals surface area contributed by atoms with Gasteiger partial charge in [0, 0.05) is 36.8 Å². The van der Waals surface area contributed by atoms with Crippen LogP contribution in [0.2, 0.25) is 5.02 Å². The van der Waals surface area contributed by atoms with Crippen LogP contribution < -0.4 is 10.2 Å². The minimum Gasteiger partial charge on any atom is -0.352 e. The van der Waals surface area contributed by atoms with Crippen LogP contribution in [0.5, 0.6) is 0 Å². The van der Waals surface area contributed by atoms with Crippen molar-refractivity contribution in [1.29, 1.82) is 0 Å². The van der Waals surface area contributed by atoms with Crippen LogP contribution in [-0.4, -0.2) is 69.2 Å². The standard InChI is InChI=1S/C24H22ClN7O2/c25-18-7-4-8-19(13-18)32-23-20(14-29-32)22(27-16-28-23)31-11-9-30(10-12-31)21(33)15-26-24(34)17-5-2-1-3-6-17/h1-8,13-14,16H,9-12,15H2,(H,26,34). The molecule has 34 heavy (non-hydrogen) atoms. The molecule has 2 amide bonds. The Hall–Kier alpha value is -3.98. The minimum absolute atomic E-state index is 0.0299. The van der Waals surface area contributed by atoms with Crippen molar-refractivity contribution in [2.24, 2.45) is 0 Å². The zero-order chi connectivity index (χ0) is 23.5. The number of carbonyl (C=O) groups excluding carboxylic acids is 2. The fraction of sp³-hybridized carbons (Fsp3) is 0.208. The lowest BCUT2D eigenvalue weighted by Gasteiger charge is -2.35. The van der Waals surface area contributed by atoms with Crippen LogP contribution in [0.25, 0.3) is 16.7 Å². The third-order valence-electron chi connectivity index (χ3n) is 5.77. The molecule has 1 fully saturated rings. The van der Waals surface area contributed by atoms with Crippen LogP contribution in [0.4, 0.5) is 5.82 Å². The van der Waals surface area contributed by atoms with Crippen molar-refractivity contribution >= 4 is 40.3 Å². The lowest BCUT2D eigenvalue weighted by Crippen LogP contribution is -2.51. The summed E-state index contributed by atoms with van der Waals surface area (Å²) in [6, 6.07) is 16.3. The highest BCUT2D eigenvalue weighted by molar-refractivity contribution is 6.30. The quantitative estimate of drug-likeness (QED) is 0.476. The van der Waals surface area contributed by atoms with Crippen LogP contribution in [0.15, 0.2) is 67.1 Å². The van der Waals surface area contributed by atoms with Crippen molar-refractivity contribution in [2.45, 2.75) is 0 Å². The van der Waals surface area contributed by atoms with Gasteiger partial charge in [-0.25, -0.2) is 14.6 Å². The van der Waals surface area contributed by atoms with Crippen LogP contribution >= 0.6 is 11.6 Å². The molecular formula is C24H22ClN7O2. The number of carbonyl (C=O) groups is 2. The third-order valence-corrected chi connectivity index (χ3v) is 6.00. The molecule has 5 rings (SSSR count). The Morgan fingerprint density at radius 2 is 1.76 bits per heavy atom. The van der Waals surface area contributed by atoms with Crippen LogP contribution in [-0.2, 0) is 4.79 Å². The molecule has 1 N–H and O–H groups in total. The van der Waals surface area contributed by atoms with E-state index in [1.807, 2.05) is 30.3 Å². The Morgan fingerprint density at radius 1 is 0.971 bits per heavy atom. The molecule has 10 heteroatoms. The maximum Gasteiger partial charge on any atom is 0.251 e. The molecule has 0 unspecified atom stereocenters. The average Bonchev–Trinajstić information content (AvgIpc) is 3.32. The summed E-state index contributed by atoms with van der Waals surface area (Å²) in [4.78, 5) is 37.6. The van der Waals surface area contributed by atoms with Crippen LogP contribution in [0, 0.1) is 0 Å². The Labute approximate surface area is 201 Å². The second kappa shape index (κ2) is 9.48. The van der Waals surface area contributed by atoms with Gasteiger partial charge in [0.05, 0.1) is 23.8 Å². The number of hydrogen-bond donors (Lipinski definition) is 1. The Kier molecular flexibility index (Phi) is 6.09. The molecule has 1 saturated heterocycles. The molecule has 2 aromatic carbocycles. The van der Waals surface area contributed by atoms with Gasteiger partial charge < -0.3 is 15.1 Å². The van der Waals surface area contributed by atoms with E-state index in [4.69, 9.17) is 11.6 Å². The van der Waals surface area contributed by atoms with Crippen molar-refractivity contribution in [3.8, 4) is 5.69 Å². The summed E-state index contributed by atoms with van der Waals surface area (Å²) in [5.74, 6) is 0.418. The fourth-order valence-electron chi connectivity index (χ4n) is 4.01. The molecule has 0 radical (unpaired) electrons. The van der Waals surface area contributed by atoms with Gasteiger partial charge in [0.1, 0.15) is 12.1 Å². The Balaban J connectivity index is 1.24. The van der Waals surface area contributed by atoms with Gasteiger partial charge in [-0.1, -0.05) is 35.9 Å². The first-order valence-electron chi connectivity index (χ1n) is 10.9. The highest BCUT2D eigenvalue weighted by Gasteiger charge is 2.24. The van der Waals surface area contributed by atoms with Crippen molar-refractivity contribution in [3.63, 3.8) is 0 Å². The van der Waals surface area contributed by atoms with E-state index in [2.05, 4.69) is 25.3 Å². The smallest absolute Gasteiger partial charge is 0.251 e. The van der Waals surface area contributed by atoms with E-state index >= 15 is 0 Å². The number of fused-ring (bicyclic) bond motifs is 1. The molecular weight excluding hydrogens is 454 g/mol. The predicted octanol–water partition coefficient (Wildman–Crippen LogP) is 2.55. The number of aromatic nitrogens is 4. The highest BCUT2D eigenvalue weighted by atomic mass is 35.5. The molecule has 0 saturated carbocycles. The van der Waals surface area contributed by atoms with Gasteiger partial charge in [-0.2, -0.15) is 5.10 Å². The number of anilines is 1. The monoisotopic (exact) mass is 475 g/mol. The summed E-state index contributed by atoms with van der Waals surface area (Å²) < 4.78 is 1.74. The van der Waals surface area contributed by atoms with Crippen molar-refractivity contribution in [2.75, 3.05) is 37.6 Å². The Morgan fingerprint density at radius 3 is 2.53 bits per heavy atom. The summed E-state index contributed by atoms with van der Waals surface area (Å²) in [7, 11) is 0. The lowest BCUT2D eigenvalue weighted by molar-refractivity contribution is -0.130. The SMILES string of the molecule is O=C(NCC(=O)N1CCN(c2ncnc3c2cnn3-c2cccc(Cl)c2)CC1)c1ccccc1. The second-order valence-corrected chi connectivity index (χ2v) is 8.32. The number of hydrogen-bond acceptors (Lipinski definition) is 6. The van der Waals surface area contributed by atoms with Gasteiger partial charge in [-0.05, 0) is 30.3 Å². The molecule has 0 spiro atoms. The molecule has 0 atom stereocenters. The summed E-state index contributed by atoms with van der Waals surface area (Å²) in [5.41, 5.74) is 2.04.